The second-order valence-corrected chi connectivity index (χ2v) is 5.64. The number of nitrogens with one attached hydrogen (secondary N) is 1. The Hall–Kier alpha value is -1.26. The molecule has 0 aliphatic rings. The Bertz CT molecular complexity index is 731. The maximum atomic E-state index is 12.1. The van der Waals surface area contributed by atoms with Crippen LogP contribution >= 0.6 is 46.4 Å². The first kappa shape index (κ1) is 16.1. The van der Waals surface area contributed by atoms with Crippen LogP contribution in [-0.4, -0.2) is 11.1 Å². The lowest BCUT2D eigenvalue weighted by atomic mass is 10.2. The lowest BCUT2D eigenvalue weighted by Gasteiger charge is -2.08. The molecule has 0 saturated carbocycles. The Morgan fingerprint density at radius 3 is 2.05 bits per heavy atom. The van der Waals surface area contributed by atoms with E-state index in [2.05, 4.69) is 5.32 Å². The fourth-order valence-electron chi connectivity index (χ4n) is 1.62. The minimum Gasteiger partial charge on any atom is -0.322 e. The largest absolute Gasteiger partial charge is 0.322 e. The lowest BCUT2D eigenvalue weighted by molar-refractivity contribution is 0.102. The van der Waals surface area contributed by atoms with Crippen LogP contribution in [0, 0.1) is 0 Å². The summed E-state index contributed by atoms with van der Waals surface area (Å²) in [7, 11) is 0. The molecule has 0 aromatic heterocycles. The van der Waals surface area contributed by atoms with Crippen LogP contribution in [0.15, 0.2) is 36.4 Å². The summed E-state index contributed by atoms with van der Waals surface area (Å²) in [5.74, 6) is -0.419. The van der Waals surface area contributed by atoms with E-state index < -0.39 is 11.1 Å². The molecule has 7 heteroatoms. The predicted molar refractivity (Wildman–Crippen MR) is 86.1 cm³/mol. The van der Waals surface area contributed by atoms with Crippen molar-refractivity contribution in [1.29, 1.82) is 0 Å². The highest BCUT2D eigenvalue weighted by Gasteiger charge is 2.13. The highest BCUT2D eigenvalue weighted by molar-refractivity contribution is 6.68. The molecule has 108 valence electrons. The average Bonchev–Trinajstić information content (AvgIpc) is 2.37. The molecule has 0 saturated heterocycles. The number of carbonyl (C=O) groups excluding carboxylic acids is 2. The molecular weight excluding hydrogens is 356 g/mol. The van der Waals surface area contributed by atoms with Crippen LogP contribution in [-0.2, 0) is 0 Å². The molecule has 0 bridgehead atoms. The van der Waals surface area contributed by atoms with Crippen molar-refractivity contribution in [2.45, 2.75) is 0 Å². The minimum absolute atomic E-state index is 0.148. The molecule has 1 N–H and O–H groups in total. The normalized spacial score (nSPS) is 10.3. The first-order valence-corrected chi connectivity index (χ1v) is 7.15. The number of benzene rings is 2. The summed E-state index contributed by atoms with van der Waals surface area (Å²) in [5.41, 5.74) is 0.855. The molecular formula is C14H7Cl4NO2. The smallest absolute Gasteiger partial charge is 0.257 e. The number of rotatable bonds is 3. The predicted octanol–water partition coefficient (Wildman–Crippen LogP) is 5.28. The van der Waals surface area contributed by atoms with Crippen LogP contribution in [0.4, 0.5) is 5.69 Å². The minimum atomic E-state index is -0.668. The Labute approximate surface area is 140 Å². The molecule has 0 aliphatic heterocycles. The summed E-state index contributed by atoms with van der Waals surface area (Å²) in [6.45, 7) is 0. The monoisotopic (exact) mass is 361 g/mol. The van der Waals surface area contributed by atoms with Gasteiger partial charge in [0, 0.05) is 10.7 Å². The number of carbonyl (C=O) groups is 2. The van der Waals surface area contributed by atoms with Crippen LogP contribution in [0.25, 0.3) is 0 Å². The van der Waals surface area contributed by atoms with Gasteiger partial charge in [0.1, 0.15) is 0 Å². The Morgan fingerprint density at radius 2 is 1.48 bits per heavy atom. The van der Waals surface area contributed by atoms with Gasteiger partial charge in [0.25, 0.3) is 11.1 Å². The summed E-state index contributed by atoms with van der Waals surface area (Å²) in [6, 6.07) is 8.92. The fraction of sp³-hybridized carbons (Fsp3) is 0. The number of anilines is 1. The second-order valence-electron chi connectivity index (χ2n) is 4.05. The van der Waals surface area contributed by atoms with E-state index in [9.17, 15) is 9.59 Å². The quantitative estimate of drug-likeness (QED) is 0.755. The Balaban J connectivity index is 2.23. The van der Waals surface area contributed by atoms with E-state index in [0.717, 1.165) is 0 Å². The van der Waals surface area contributed by atoms with E-state index in [0.29, 0.717) is 10.7 Å². The topological polar surface area (TPSA) is 46.2 Å². The molecule has 0 spiro atoms. The van der Waals surface area contributed by atoms with E-state index in [4.69, 9.17) is 46.4 Å². The molecule has 0 fully saturated rings. The van der Waals surface area contributed by atoms with Crippen LogP contribution in [0.3, 0.4) is 0 Å². The van der Waals surface area contributed by atoms with Gasteiger partial charge in [-0.1, -0.05) is 34.8 Å². The van der Waals surface area contributed by atoms with Gasteiger partial charge in [0.15, 0.2) is 0 Å². The highest BCUT2D eigenvalue weighted by Crippen LogP contribution is 2.25. The molecule has 0 unspecified atom stereocenters. The standard InChI is InChI=1S/C14H7Cl4NO2/c15-7-1-3-10(11(16)5-7)14(21)19-8-2-4-9(13(18)20)12(17)6-8/h1-6H,(H,19,21). The maximum absolute atomic E-state index is 12.1. The molecule has 0 atom stereocenters. The van der Waals surface area contributed by atoms with E-state index in [1.54, 1.807) is 6.07 Å². The molecule has 2 aromatic rings. The van der Waals surface area contributed by atoms with Crippen molar-refractivity contribution < 1.29 is 9.59 Å². The SMILES string of the molecule is O=C(Cl)c1ccc(NC(=O)c2ccc(Cl)cc2Cl)cc1Cl. The third-order valence-electron chi connectivity index (χ3n) is 2.61. The zero-order valence-corrected chi connectivity index (χ0v) is 13.3. The highest BCUT2D eigenvalue weighted by atomic mass is 35.5. The van der Waals surface area contributed by atoms with Gasteiger partial charge in [-0.15, -0.1) is 0 Å². The summed E-state index contributed by atoms with van der Waals surface area (Å²) in [4.78, 5) is 23.2. The first-order chi connectivity index (χ1) is 9.88. The van der Waals surface area contributed by atoms with Crippen molar-refractivity contribution in [2.75, 3.05) is 5.32 Å². The van der Waals surface area contributed by atoms with E-state index in [1.165, 1.54) is 30.3 Å². The van der Waals surface area contributed by atoms with Gasteiger partial charge >= 0.3 is 0 Å². The van der Waals surface area contributed by atoms with Crippen molar-refractivity contribution in [3.05, 3.63) is 62.6 Å². The third kappa shape index (κ3) is 3.89. The summed E-state index contributed by atoms with van der Waals surface area (Å²) < 4.78 is 0. The number of hydrogen-bond donors (Lipinski definition) is 1. The van der Waals surface area contributed by atoms with Gasteiger partial charge in [0.2, 0.25) is 0 Å². The lowest BCUT2D eigenvalue weighted by Crippen LogP contribution is -2.12. The van der Waals surface area contributed by atoms with E-state index >= 15 is 0 Å². The van der Waals surface area contributed by atoms with Gasteiger partial charge in [0.05, 0.1) is 21.2 Å². The molecule has 21 heavy (non-hydrogen) atoms. The molecule has 0 aliphatic carbocycles. The van der Waals surface area contributed by atoms with Crippen LogP contribution in [0.5, 0.6) is 0 Å². The van der Waals surface area contributed by atoms with Gasteiger partial charge in [-0.3, -0.25) is 9.59 Å². The average molecular weight is 363 g/mol. The summed E-state index contributed by atoms with van der Waals surface area (Å²) in [5, 5.41) is 2.77. The zero-order chi connectivity index (χ0) is 15.6. The number of hydrogen-bond acceptors (Lipinski definition) is 2. The van der Waals surface area contributed by atoms with Crippen molar-refractivity contribution >= 4 is 63.2 Å². The van der Waals surface area contributed by atoms with Crippen LogP contribution < -0.4 is 5.32 Å². The van der Waals surface area contributed by atoms with Gasteiger partial charge in [-0.25, -0.2) is 0 Å². The molecule has 2 aromatic carbocycles. The van der Waals surface area contributed by atoms with Crippen LogP contribution in [0.2, 0.25) is 15.1 Å². The zero-order valence-electron chi connectivity index (χ0n) is 10.3. The maximum Gasteiger partial charge on any atom is 0.257 e. The number of amides is 1. The second kappa shape index (κ2) is 6.67. The Morgan fingerprint density at radius 1 is 0.857 bits per heavy atom. The Kier molecular flexibility index (Phi) is 5.12. The van der Waals surface area contributed by atoms with Crippen molar-refractivity contribution in [3.63, 3.8) is 0 Å². The van der Waals surface area contributed by atoms with Crippen molar-refractivity contribution in [1.82, 2.24) is 0 Å². The molecule has 0 radical (unpaired) electrons. The van der Waals surface area contributed by atoms with E-state index in [1.807, 2.05) is 0 Å². The molecule has 3 nitrogen and oxygen atoms in total. The molecule has 1 amide bonds. The fourth-order valence-corrected chi connectivity index (χ4v) is 2.60. The van der Waals surface area contributed by atoms with Crippen LogP contribution in [0.1, 0.15) is 20.7 Å². The molecule has 2 rings (SSSR count). The van der Waals surface area contributed by atoms with Crippen molar-refractivity contribution in [3.8, 4) is 0 Å². The molecule has 0 heterocycles. The number of halogens is 4. The van der Waals surface area contributed by atoms with Gasteiger partial charge in [-0.2, -0.15) is 0 Å². The first-order valence-electron chi connectivity index (χ1n) is 5.64. The third-order valence-corrected chi connectivity index (χ3v) is 3.68. The van der Waals surface area contributed by atoms with Gasteiger partial charge < -0.3 is 5.32 Å². The summed E-state index contributed by atoms with van der Waals surface area (Å²) >= 11 is 23.0. The van der Waals surface area contributed by atoms with Crippen molar-refractivity contribution in [2.24, 2.45) is 0 Å². The van der Waals surface area contributed by atoms with E-state index in [-0.39, 0.29) is 21.2 Å². The summed E-state index contributed by atoms with van der Waals surface area (Å²) in [6.07, 6.45) is 0. The van der Waals surface area contributed by atoms with Gasteiger partial charge in [-0.05, 0) is 48.0 Å².